The third kappa shape index (κ3) is 5.36. The van der Waals surface area contributed by atoms with Crippen molar-refractivity contribution in [2.45, 2.75) is 13.0 Å². The van der Waals surface area contributed by atoms with Gasteiger partial charge in [0.2, 0.25) is 0 Å². The summed E-state index contributed by atoms with van der Waals surface area (Å²) in [4.78, 5) is 16.3. The van der Waals surface area contributed by atoms with Gasteiger partial charge in [-0.1, -0.05) is 6.07 Å². The van der Waals surface area contributed by atoms with Crippen LogP contribution in [0.2, 0.25) is 0 Å². The van der Waals surface area contributed by atoms with Crippen molar-refractivity contribution in [3.05, 3.63) is 48.0 Å². The molecule has 7 nitrogen and oxygen atoms in total. The Labute approximate surface area is 178 Å². The highest BCUT2D eigenvalue weighted by molar-refractivity contribution is 5.77. The van der Waals surface area contributed by atoms with Crippen LogP contribution in [0.15, 0.2) is 42.5 Å². The Hall–Kier alpha value is -2.93. The van der Waals surface area contributed by atoms with Crippen LogP contribution < -0.4 is 29.3 Å². The van der Waals surface area contributed by atoms with Gasteiger partial charge in [0.15, 0.2) is 6.54 Å². The molecule has 30 heavy (non-hydrogen) atoms. The van der Waals surface area contributed by atoms with Crippen LogP contribution in [-0.4, -0.2) is 60.0 Å². The van der Waals surface area contributed by atoms with Gasteiger partial charge >= 0.3 is 0 Å². The normalized spacial score (nSPS) is 15.4. The minimum Gasteiger partial charge on any atom is -0.497 e. The molecule has 0 aliphatic carbocycles. The van der Waals surface area contributed by atoms with Gasteiger partial charge in [-0.15, -0.1) is 0 Å². The van der Waals surface area contributed by atoms with Crippen molar-refractivity contribution in [3.63, 3.8) is 0 Å². The quantitative estimate of drug-likeness (QED) is 0.682. The molecule has 1 fully saturated rings. The van der Waals surface area contributed by atoms with Crippen molar-refractivity contribution >= 4 is 11.6 Å². The number of hydrogen-bond acceptors (Lipinski definition) is 5. The zero-order chi connectivity index (χ0) is 21.5. The first-order valence-corrected chi connectivity index (χ1v) is 10.3. The van der Waals surface area contributed by atoms with E-state index in [4.69, 9.17) is 14.2 Å². The number of carbonyl (C=O) groups excluding carboxylic acids is 1. The monoisotopic (exact) mass is 414 g/mol. The minimum absolute atomic E-state index is 0.0391. The van der Waals surface area contributed by atoms with Crippen molar-refractivity contribution in [2.24, 2.45) is 0 Å². The van der Waals surface area contributed by atoms with Crippen LogP contribution in [0.4, 0.5) is 5.69 Å². The maximum absolute atomic E-state index is 12.6. The number of nitrogens with one attached hydrogen (secondary N) is 2. The topological polar surface area (TPSA) is 64.5 Å². The predicted octanol–water partition coefficient (Wildman–Crippen LogP) is 1.29. The number of amides is 1. The number of quaternary nitrogens is 1. The average Bonchev–Trinajstić information content (AvgIpc) is 2.79. The van der Waals surface area contributed by atoms with E-state index in [2.05, 4.69) is 22.3 Å². The molecule has 1 atom stereocenters. The van der Waals surface area contributed by atoms with Crippen LogP contribution in [0.25, 0.3) is 0 Å². The maximum Gasteiger partial charge on any atom is 0.275 e. The average molecular weight is 415 g/mol. The van der Waals surface area contributed by atoms with E-state index in [9.17, 15) is 4.79 Å². The number of ether oxygens (including phenoxy) is 3. The van der Waals surface area contributed by atoms with Gasteiger partial charge in [0.1, 0.15) is 17.2 Å². The van der Waals surface area contributed by atoms with Gasteiger partial charge in [0.25, 0.3) is 5.91 Å². The third-order valence-electron chi connectivity index (χ3n) is 5.58. The van der Waals surface area contributed by atoms with Crippen LogP contribution in [0.5, 0.6) is 17.2 Å². The van der Waals surface area contributed by atoms with Crippen LogP contribution in [0.3, 0.4) is 0 Å². The lowest BCUT2D eigenvalue weighted by Gasteiger charge is -2.33. The molecule has 1 aliphatic rings. The zero-order valence-corrected chi connectivity index (χ0v) is 18.2. The molecular weight excluding hydrogens is 382 g/mol. The van der Waals surface area contributed by atoms with Crippen LogP contribution in [-0.2, 0) is 4.79 Å². The van der Waals surface area contributed by atoms with Crippen LogP contribution >= 0.6 is 0 Å². The predicted molar refractivity (Wildman–Crippen MR) is 117 cm³/mol. The molecule has 3 rings (SSSR count). The molecule has 162 valence electrons. The molecule has 0 spiro atoms. The summed E-state index contributed by atoms with van der Waals surface area (Å²) in [5, 5.41) is 3.10. The molecule has 1 amide bonds. The van der Waals surface area contributed by atoms with Crippen molar-refractivity contribution in [1.29, 1.82) is 0 Å². The van der Waals surface area contributed by atoms with Crippen molar-refractivity contribution in [1.82, 2.24) is 5.32 Å². The fraction of sp³-hybridized carbons (Fsp3) is 0.435. The highest BCUT2D eigenvalue weighted by Gasteiger charge is 2.24. The number of rotatable bonds is 8. The summed E-state index contributed by atoms with van der Waals surface area (Å²) in [6.45, 7) is 6.08. The van der Waals surface area contributed by atoms with E-state index in [1.807, 2.05) is 37.3 Å². The molecule has 0 bridgehead atoms. The SMILES string of the molecule is COc1cccc(N2CC[NH+](CC(=O)N[C@@H](C)c3cc(OC)ccc3OC)CC2)c1. The molecule has 1 saturated heterocycles. The Morgan fingerprint density at radius 2 is 1.73 bits per heavy atom. The molecule has 0 radical (unpaired) electrons. The Bertz CT molecular complexity index is 850. The molecule has 0 unspecified atom stereocenters. The molecule has 0 saturated carbocycles. The molecule has 2 aromatic carbocycles. The largest absolute Gasteiger partial charge is 0.497 e. The van der Waals surface area contributed by atoms with Gasteiger partial charge in [0, 0.05) is 17.3 Å². The van der Waals surface area contributed by atoms with E-state index in [0.29, 0.717) is 6.54 Å². The highest BCUT2D eigenvalue weighted by Crippen LogP contribution is 2.29. The number of hydrogen-bond donors (Lipinski definition) is 2. The molecule has 1 aliphatic heterocycles. The number of nitrogens with zero attached hydrogens (tertiary/aromatic N) is 1. The van der Waals surface area contributed by atoms with Crippen LogP contribution in [0.1, 0.15) is 18.5 Å². The summed E-state index contributed by atoms with van der Waals surface area (Å²) >= 11 is 0. The number of carbonyl (C=O) groups is 1. The molecule has 2 N–H and O–H groups in total. The minimum atomic E-state index is -0.167. The van der Waals surface area contributed by atoms with Gasteiger partial charge in [-0.3, -0.25) is 4.79 Å². The summed E-state index contributed by atoms with van der Waals surface area (Å²) in [7, 11) is 4.94. The summed E-state index contributed by atoms with van der Waals surface area (Å²) in [6, 6.07) is 13.6. The Balaban J connectivity index is 1.52. The Kier molecular flexibility index (Phi) is 7.41. The van der Waals surface area contributed by atoms with Gasteiger partial charge in [-0.05, 0) is 37.3 Å². The number of methoxy groups -OCH3 is 3. The number of benzene rings is 2. The van der Waals surface area contributed by atoms with Gasteiger partial charge in [0.05, 0.1) is 53.6 Å². The maximum atomic E-state index is 12.6. The second-order valence-corrected chi connectivity index (χ2v) is 7.51. The third-order valence-corrected chi connectivity index (χ3v) is 5.58. The van der Waals surface area contributed by atoms with Gasteiger partial charge < -0.3 is 29.3 Å². The highest BCUT2D eigenvalue weighted by atomic mass is 16.5. The molecule has 2 aromatic rings. The first kappa shape index (κ1) is 21.8. The first-order valence-electron chi connectivity index (χ1n) is 10.3. The molecular formula is C23H32N3O4+. The second kappa shape index (κ2) is 10.2. The summed E-state index contributed by atoms with van der Waals surface area (Å²) in [5.74, 6) is 2.38. The van der Waals surface area contributed by atoms with Crippen molar-refractivity contribution in [2.75, 3.05) is 59.0 Å². The van der Waals surface area contributed by atoms with Crippen molar-refractivity contribution in [3.8, 4) is 17.2 Å². The Morgan fingerprint density at radius 1 is 1.03 bits per heavy atom. The van der Waals surface area contributed by atoms with E-state index in [-0.39, 0.29) is 11.9 Å². The first-order chi connectivity index (χ1) is 14.5. The second-order valence-electron chi connectivity index (χ2n) is 7.51. The summed E-state index contributed by atoms with van der Waals surface area (Å²) in [5.41, 5.74) is 2.07. The van der Waals surface area contributed by atoms with Gasteiger partial charge in [-0.25, -0.2) is 0 Å². The van der Waals surface area contributed by atoms with Crippen molar-refractivity contribution < 1.29 is 23.9 Å². The van der Waals surface area contributed by atoms with E-state index >= 15 is 0 Å². The van der Waals surface area contributed by atoms with E-state index in [1.54, 1.807) is 21.3 Å². The fourth-order valence-electron chi connectivity index (χ4n) is 3.84. The van der Waals surface area contributed by atoms with E-state index in [0.717, 1.165) is 54.7 Å². The summed E-state index contributed by atoms with van der Waals surface area (Å²) < 4.78 is 16.1. The lowest BCUT2D eigenvalue weighted by molar-refractivity contribution is -0.892. The van der Waals surface area contributed by atoms with E-state index in [1.165, 1.54) is 4.90 Å². The fourth-order valence-corrected chi connectivity index (χ4v) is 3.84. The Morgan fingerprint density at radius 3 is 2.40 bits per heavy atom. The molecule has 1 heterocycles. The molecule has 7 heteroatoms. The number of piperazine rings is 1. The van der Waals surface area contributed by atoms with Crippen LogP contribution in [0, 0.1) is 0 Å². The number of anilines is 1. The van der Waals surface area contributed by atoms with Gasteiger partial charge in [-0.2, -0.15) is 0 Å². The van der Waals surface area contributed by atoms with E-state index < -0.39 is 0 Å². The standard InChI is InChI=1S/C23H31N3O4/c1-17(21-15-20(29-3)8-9-22(21)30-4)24-23(27)16-25-10-12-26(13-11-25)18-6-5-7-19(14-18)28-2/h5-9,14-15,17H,10-13,16H2,1-4H3,(H,24,27)/p+1/t17-/m0/s1. The zero-order valence-electron chi connectivity index (χ0n) is 18.2. The smallest absolute Gasteiger partial charge is 0.275 e. The lowest BCUT2D eigenvalue weighted by Crippen LogP contribution is -3.15. The lowest BCUT2D eigenvalue weighted by atomic mass is 10.1. The summed E-state index contributed by atoms with van der Waals surface area (Å²) in [6.07, 6.45) is 0. The molecule has 0 aromatic heterocycles.